The van der Waals surface area contributed by atoms with Gasteiger partial charge < -0.3 is 42.0 Å². The van der Waals surface area contributed by atoms with Crippen molar-refractivity contribution in [2.24, 2.45) is 5.73 Å². The number of hydrogen-bond acceptors (Lipinski definition) is 8. The molecule has 0 fully saturated rings. The van der Waals surface area contributed by atoms with Crippen molar-refractivity contribution in [1.29, 1.82) is 0 Å². The molecule has 4 atom stereocenters. The van der Waals surface area contributed by atoms with Crippen LogP contribution in [-0.2, 0) is 35.2 Å². The van der Waals surface area contributed by atoms with E-state index < -0.39 is 72.6 Å². The average Bonchev–Trinajstić information content (AvgIpc) is 3.26. The normalized spacial score (nSPS) is 14.1. The summed E-state index contributed by atoms with van der Waals surface area (Å²) in [5.41, 5.74) is 6.92. The van der Waals surface area contributed by atoms with Crippen LogP contribution in [0.2, 0.25) is 0 Å². The number of aliphatic carboxylic acids is 3. The van der Waals surface area contributed by atoms with Gasteiger partial charge in [0, 0.05) is 35.7 Å². The number of benzene rings is 1. The van der Waals surface area contributed by atoms with Crippen LogP contribution in [0.15, 0.2) is 30.5 Å². The Morgan fingerprint density at radius 1 is 0.868 bits per heavy atom. The van der Waals surface area contributed by atoms with E-state index in [4.69, 9.17) is 15.9 Å². The summed E-state index contributed by atoms with van der Waals surface area (Å²) in [7, 11) is 0. The van der Waals surface area contributed by atoms with Crippen LogP contribution in [0.3, 0.4) is 0 Å². The number of nitrogens with two attached hydrogens (primary N) is 1. The number of carbonyl (C=O) groups is 6. The number of carboxylic acid groups (broad SMARTS) is 3. The second-order valence-electron chi connectivity index (χ2n) is 8.40. The molecule has 4 unspecified atom stereocenters. The van der Waals surface area contributed by atoms with Crippen LogP contribution < -0.4 is 21.7 Å². The highest BCUT2D eigenvalue weighted by molar-refractivity contribution is 7.80. The Morgan fingerprint density at radius 3 is 2.08 bits per heavy atom. The largest absolute Gasteiger partial charge is 0.481 e. The van der Waals surface area contributed by atoms with Crippen molar-refractivity contribution in [2.75, 3.05) is 5.75 Å². The molecule has 0 aliphatic heterocycles. The number of aromatic nitrogens is 1. The molecular formula is C23H29N5O9S. The first kappa shape index (κ1) is 30.1. The van der Waals surface area contributed by atoms with Crippen molar-refractivity contribution in [3.8, 4) is 0 Å². The van der Waals surface area contributed by atoms with Gasteiger partial charge in [0.05, 0.1) is 12.5 Å². The minimum atomic E-state index is -1.51. The molecule has 0 aliphatic carbocycles. The van der Waals surface area contributed by atoms with Gasteiger partial charge in [0.25, 0.3) is 0 Å². The van der Waals surface area contributed by atoms with Gasteiger partial charge in [0.1, 0.15) is 18.1 Å². The maximum Gasteiger partial charge on any atom is 0.327 e. The minimum Gasteiger partial charge on any atom is -0.481 e. The fourth-order valence-electron chi connectivity index (χ4n) is 3.56. The number of H-pyrrole nitrogens is 1. The Kier molecular flexibility index (Phi) is 11.1. The summed E-state index contributed by atoms with van der Waals surface area (Å²) in [6.07, 6.45) is -0.113. The van der Waals surface area contributed by atoms with Crippen LogP contribution in [0.25, 0.3) is 10.9 Å². The van der Waals surface area contributed by atoms with Crippen LogP contribution in [0.4, 0.5) is 0 Å². The first-order chi connectivity index (χ1) is 17.9. The number of carboxylic acids is 3. The molecule has 2 aromatic rings. The first-order valence-electron chi connectivity index (χ1n) is 11.4. The fraction of sp³-hybridized carbons (Fsp3) is 0.391. The van der Waals surface area contributed by atoms with E-state index in [0.29, 0.717) is 5.56 Å². The van der Waals surface area contributed by atoms with Gasteiger partial charge in [-0.05, 0) is 18.1 Å². The number of aromatic amines is 1. The predicted octanol–water partition coefficient (Wildman–Crippen LogP) is -1.15. The molecule has 2 rings (SSSR count). The molecule has 14 nitrogen and oxygen atoms in total. The Labute approximate surface area is 221 Å². The monoisotopic (exact) mass is 551 g/mol. The van der Waals surface area contributed by atoms with E-state index >= 15 is 0 Å². The van der Waals surface area contributed by atoms with Gasteiger partial charge in [-0.3, -0.25) is 24.0 Å². The third kappa shape index (κ3) is 8.77. The van der Waals surface area contributed by atoms with Crippen molar-refractivity contribution in [3.63, 3.8) is 0 Å². The van der Waals surface area contributed by atoms with Crippen LogP contribution in [0.5, 0.6) is 0 Å². The zero-order valence-corrected chi connectivity index (χ0v) is 20.9. The second kappa shape index (κ2) is 14.0. The van der Waals surface area contributed by atoms with Gasteiger partial charge in [-0.25, -0.2) is 4.79 Å². The van der Waals surface area contributed by atoms with Gasteiger partial charge in [-0.2, -0.15) is 12.6 Å². The zero-order chi connectivity index (χ0) is 28.4. The molecule has 0 spiro atoms. The smallest absolute Gasteiger partial charge is 0.327 e. The predicted molar refractivity (Wildman–Crippen MR) is 136 cm³/mol. The molecule has 0 saturated carbocycles. The van der Waals surface area contributed by atoms with E-state index in [1.165, 1.54) is 0 Å². The average molecular weight is 552 g/mol. The molecule has 0 saturated heterocycles. The summed E-state index contributed by atoms with van der Waals surface area (Å²) in [5.74, 6) is -6.99. The minimum absolute atomic E-state index is 0.0847. The lowest BCUT2D eigenvalue weighted by Crippen LogP contribution is -2.58. The lowest BCUT2D eigenvalue weighted by Gasteiger charge is -2.24. The van der Waals surface area contributed by atoms with Gasteiger partial charge in [0.15, 0.2) is 0 Å². The summed E-state index contributed by atoms with van der Waals surface area (Å²) >= 11 is 3.92. The third-order valence-corrected chi connectivity index (χ3v) is 5.91. The number of hydrogen-bond donors (Lipinski definition) is 9. The van der Waals surface area contributed by atoms with Crippen molar-refractivity contribution < 1.29 is 44.1 Å². The van der Waals surface area contributed by atoms with Gasteiger partial charge in [0.2, 0.25) is 17.7 Å². The van der Waals surface area contributed by atoms with Crippen LogP contribution in [0.1, 0.15) is 24.8 Å². The highest BCUT2D eigenvalue weighted by Crippen LogP contribution is 2.19. The maximum atomic E-state index is 13.1. The first-order valence-corrected chi connectivity index (χ1v) is 12.0. The van der Waals surface area contributed by atoms with E-state index in [1.54, 1.807) is 30.5 Å². The molecule has 38 heavy (non-hydrogen) atoms. The number of amides is 3. The molecule has 0 bridgehead atoms. The molecule has 1 heterocycles. The summed E-state index contributed by atoms with van der Waals surface area (Å²) in [4.78, 5) is 74.9. The van der Waals surface area contributed by atoms with Crippen molar-refractivity contribution in [2.45, 2.75) is 49.9 Å². The second-order valence-corrected chi connectivity index (χ2v) is 8.77. The molecule has 9 N–H and O–H groups in total. The quantitative estimate of drug-likeness (QED) is 0.120. The maximum absolute atomic E-state index is 13.1. The number of thiol groups is 1. The Morgan fingerprint density at radius 2 is 1.47 bits per heavy atom. The van der Waals surface area contributed by atoms with Crippen molar-refractivity contribution >= 4 is 59.2 Å². The van der Waals surface area contributed by atoms with Crippen molar-refractivity contribution in [3.05, 3.63) is 36.0 Å². The Hall–Kier alpha value is -4.11. The van der Waals surface area contributed by atoms with Gasteiger partial charge in [-0.15, -0.1) is 0 Å². The Bertz CT molecular complexity index is 1200. The number of nitrogens with one attached hydrogen (secondary N) is 4. The number of fused-ring (bicyclic) bond motifs is 1. The number of rotatable bonds is 15. The third-order valence-electron chi connectivity index (χ3n) is 5.54. The molecule has 1 aromatic heterocycles. The molecule has 206 valence electrons. The molecule has 15 heteroatoms. The lowest BCUT2D eigenvalue weighted by molar-refractivity contribution is -0.141. The zero-order valence-electron chi connectivity index (χ0n) is 20.0. The molecular weight excluding hydrogens is 522 g/mol. The Balaban J connectivity index is 2.31. The fourth-order valence-corrected chi connectivity index (χ4v) is 3.80. The van der Waals surface area contributed by atoms with E-state index in [9.17, 15) is 33.9 Å². The lowest BCUT2D eigenvalue weighted by atomic mass is 10.0. The summed E-state index contributed by atoms with van der Waals surface area (Å²) in [6.45, 7) is 0. The van der Waals surface area contributed by atoms with Gasteiger partial charge >= 0.3 is 17.9 Å². The van der Waals surface area contributed by atoms with Crippen LogP contribution in [-0.4, -0.2) is 85.9 Å². The summed E-state index contributed by atoms with van der Waals surface area (Å²) in [5, 5.41) is 34.9. The summed E-state index contributed by atoms with van der Waals surface area (Å²) < 4.78 is 0. The van der Waals surface area contributed by atoms with Crippen LogP contribution >= 0.6 is 12.6 Å². The molecule has 1 aromatic carbocycles. The van der Waals surface area contributed by atoms with Crippen LogP contribution in [0, 0.1) is 0 Å². The van der Waals surface area contributed by atoms with E-state index in [2.05, 4.69) is 33.6 Å². The standard InChI is InChI=1S/C23H29N5O9S/c24-13(8-19(31)32)20(33)26-15(5-6-18(29)30)21(34)27-16(22(35)28-17(10-38)23(36)37)7-11-9-25-14-4-2-1-3-12(11)14/h1-4,9,13,15-17,25,38H,5-8,10,24H2,(H,26,33)(H,27,34)(H,28,35)(H,29,30)(H,31,32)(H,36,37). The van der Waals surface area contributed by atoms with E-state index in [1.807, 2.05) is 0 Å². The van der Waals surface area contributed by atoms with E-state index in [0.717, 1.165) is 10.9 Å². The van der Waals surface area contributed by atoms with Crippen molar-refractivity contribution in [1.82, 2.24) is 20.9 Å². The van der Waals surface area contributed by atoms with E-state index in [-0.39, 0.29) is 18.6 Å². The molecule has 0 aliphatic rings. The SMILES string of the molecule is NC(CC(=O)O)C(=O)NC(CCC(=O)O)C(=O)NC(Cc1c[nH]c2ccccc12)C(=O)NC(CS)C(=O)O. The summed E-state index contributed by atoms with van der Waals surface area (Å²) in [6, 6.07) is 1.47. The highest BCUT2D eigenvalue weighted by Gasteiger charge is 2.31. The number of carbonyl (C=O) groups excluding carboxylic acids is 3. The number of para-hydroxylation sites is 1. The highest BCUT2D eigenvalue weighted by atomic mass is 32.1. The van der Waals surface area contributed by atoms with Gasteiger partial charge in [-0.1, -0.05) is 18.2 Å². The molecule has 0 radical (unpaired) electrons. The molecule has 3 amide bonds. The topological polar surface area (TPSA) is 241 Å².